The minimum absolute atomic E-state index is 0.120. The van der Waals surface area contributed by atoms with E-state index in [2.05, 4.69) is 51.0 Å². The molecule has 2 fully saturated rings. The number of halogens is 2. The molecule has 0 aromatic carbocycles. The normalized spacial score (nSPS) is 16.3. The molecule has 16 nitrogen and oxygen atoms in total. The van der Waals surface area contributed by atoms with Gasteiger partial charge in [-0.15, -0.1) is 38.0 Å². The van der Waals surface area contributed by atoms with E-state index in [1.165, 1.54) is 47.1 Å². The molecule has 0 spiro atoms. The first kappa shape index (κ1) is 43.7. The van der Waals surface area contributed by atoms with Gasteiger partial charge >= 0.3 is 6.09 Å². The second kappa shape index (κ2) is 18.0. The van der Waals surface area contributed by atoms with Crippen molar-refractivity contribution >= 4 is 40.5 Å². The SMILES string of the molecule is CC(C)(C)N(C(=O)OC(c1ccc(-c2ncc(CNCc3cnc(-c4ccc(NCC5(c6ncccc6F)CCC5)nn4)s3)s2)nn1)C1(c2ncccc2F)CCC1)C(O)C(N)=O. The average molecular weight is 897 g/mol. The Kier molecular flexibility index (Phi) is 12.5. The minimum atomic E-state index is -1.98. The van der Waals surface area contributed by atoms with Gasteiger partial charge in [0.1, 0.15) is 44.5 Å². The Labute approximate surface area is 369 Å². The van der Waals surface area contributed by atoms with Gasteiger partial charge in [0.25, 0.3) is 5.91 Å². The highest BCUT2D eigenvalue weighted by atomic mass is 32.1. The van der Waals surface area contributed by atoms with E-state index < -0.39 is 41.1 Å². The fraction of sp³-hybridized carbons (Fsp3) is 0.395. The lowest BCUT2D eigenvalue weighted by Gasteiger charge is -2.47. The molecule has 2 unspecified atom stereocenters. The van der Waals surface area contributed by atoms with E-state index in [4.69, 9.17) is 10.5 Å². The van der Waals surface area contributed by atoms with Crippen LogP contribution < -0.4 is 16.4 Å². The number of nitrogens with two attached hydrogens (primary N) is 1. The summed E-state index contributed by atoms with van der Waals surface area (Å²) in [6, 6.07) is 12.9. The van der Waals surface area contributed by atoms with Gasteiger partial charge in [-0.25, -0.2) is 23.5 Å². The lowest BCUT2D eigenvalue weighted by molar-refractivity contribution is -0.141. The van der Waals surface area contributed by atoms with Crippen LogP contribution in [0.4, 0.5) is 19.4 Å². The monoisotopic (exact) mass is 896 g/mol. The number of anilines is 1. The van der Waals surface area contributed by atoms with Crippen LogP contribution in [0.3, 0.4) is 0 Å². The van der Waals surface area contributed by atoms with Crippen LogP contribution in [0.25, 0.3) is 21.4 Å². The zero-order valence-electron chi connectivity index (χ0n) is 34.8. The first-order valence-electron chi connectivity index (χ1n) is 20.5. The Morgan fingerprint density at radius 2 is 1.41 bits per heavy atom. The van der Waals surface area contributed by atoms with Gasteiger partial charge in [0.2, 0.25) is 6.23 Å². The fourth-order valence-corrected chi connectivity index (χ4v) is 9.71. The van der Waals surface area contributed by atoms with Crippen LogP contribution in [-0.4, -0.2) is 80.6 Å². The smallest absolute Gasteiger partial charge is 0.413 e. The van der Waals surface area contributed by atoms with Crippen LogP contribution in [0.2, 0.25) is 0 Å². The van der Waals surface area contributed by atoms with Crippen LogP contribution in [0.5, 0.6) is 0 Å². The van der Waals surface area contributed by atoms with Crippen molar-refractivity contribution in [3.05, 3.63) is 112 Å². The first-order chi connectivity index (χ1) is 30.3. The number of nitrogens with zero attached hydrogens (tertiary/aromatic N) is 9. The number of nitrogens with one attached hydrogen (secondary N) is 2. The summed E-state index contributed by atoms with van der Waals surface area (Å²) < 4.78 is 36.0. The number of aliphatic hydroxyl groups excluding tert-OH is 1. The van der Waals surface area contributed by atoms with Gasteiger partial charge < -0.3 is 26.2 Å². The predicted octanol–water partition coefficient (Wildman–Crippen LogP) is 6.61. The predicted molar refractivity (Wildman–Crippen MR) is 231 cm³/mol. The van der Waals surface area contributed by atoms with E-state index in [1.54, 1.807) is 57.6 Å². The molecule has 5 N–H and O–H groups in total. The van der Waals surface area contributed by atoms with Gasteiger partial charge in [-0.3, -0.25) is 19.7 Å². The summed E-state index contributed by atoms with van der Waals surface area (Å²) >= 11 is 2.94. The minimum Gasteiger partial charge on any atom is -0.438 e. The molecule has 6 aromatic heterocycles. The zero-order valence-corrected chi connectivity index (χ0v) is 36.4. The Bertz CT molecular complexity index is 2560. The highest BCUT2D eigenvalue weighted by molar-refractivity contribution is 7.15. The summed E-state index contributed by atoms with van der Waals surface area (Å²) in [5.74, 6) is -1.38. The number of pyridine rings is 2. The van der Waals surface area contributed by atoms with E-state index in [1.807, 2.05) is 12.1 Å². The number of primary amides is 1. The highest BCUT2D eigenvalue weighted by Crippen LogP contribution is 2.54. The lowest BCUT2D eigenvalue weighted by Crippen LogP contribution is -2.57. The molecule has 20 heteroatoms. The van der Waals surface area contributed by atoms with Gasteiger partial charge in [-0.05, 0) is 95.0 Å². The summed E-state index contributed by atoms with van der Waals surface area (Å²) in [5.41, 5.74) is 4.85. The molecule has 2 amide bonds. The topological polar surface area (TPSA) is 220 Å². The summed E-state index contributed by atoms with van der Waals surface area (Å²) in [7, 11) is 0. The van der Waals surface area contributed by atoms with Crippen molar-refractivity contribution in [3.63, 3.8) is 0 Å². The molecule has 0 radical (unpaired) electrons. The lowest BCUT2D eigenvalue weighted by atomic mass is 9.62. The van der Waals surface area contributed by atoms with Crippen molar-refractivity contribution in [2.45, 2.75) is 101 Å². The van der Waals surface area contributed by atoms with E-state index >= 15 is 4.39 Å². The summed E-state index contributed by atoms with van der Waals surface area (Å²) in [6.45, 7) is 6.45. The quantitative estimate of drug-likeness (QED) is 0.0752. The zero-order chi connectivity index (χ0) is 44.4. The number of carbonyl (C=O) groups is 2. The largest absolute Gasteiger partial charge is 0.438 e. The Hall–Kier alpha value is -5.96. The maximum atomic E-state index is 15.4. The summed E-state index contributed by atoms with van der Waals surface area (Å²) in [4.78, 5) is 46.4. The first-order valence-corrected chi connectivity index (χ1v) is 22.1. The molecule has 2 aliphatic rings. The molecule has 8 rings (SSSR count). The fourth-order valence-electron chi connectivity index (χ4n) is 8.01. The maximum absolute atomic E-state index is 15.4. The maximum Gasteiger partial charge on any atom is 0.413 e. The number of rotatable bonds is 16. The van der Waals surface area contributed by atoms with Gasteiger partial charge in [0.05, 0.1) is 16.8 Å². The number of aromatic nitrogens is 8. The van der Waals surface area contributed by atoms with E-state index in [0.717, 1.165) is 38.9 Å². The van der Waals surface area contributed by atoms with Crippen molar-refractivity contribution in [2.24, 2.45) is 5.73 Å². The molecule has 0 saturated heterocycles. The average Bonchev–Trinajstić information content (AvgIpc) is 3.91. The molecular weight excluding hydrogens is 851 g/mol. The number of amides is 2. The van der Waals surface area contributed by atoms with Gasteiger partial charge in [-0.1, -0.05) is 12.8 Å². The van der Waals surface area contributed by atoms with Crippen LogP contribution in [0, 0.1) is 11.6 Å². The Balaban J connectivity index is 0.900. The van der Waals surface area contributed by atoms with E-state index in [9.17, 15) is 19.1 Å². The molecule has 6 heterocycles. The number of thiazole rings is 2. The second-order valence-electron chi connectivity index (χ2n) is 16.8. The standard InChI is InChI=1S/C43H46F2N12O4S2/c1-41(2,3)57(39(59)36(46)58)40(60)61-35(43(16-7-17-43)34-28(45)9-5-19-49-34)29-10-11-30(54-53-29)37-50-22-25(62-37)20-47-21-26-23-51-38(63-26)31-12-13-32(56-55-31)52-24-42(14-6-15-42)33-27(44)8-4-18-48-33/h4-5,8-13,18-19,22-23,35,39,47,59H,6-7,14-17,20-21,24H2,1-3H3,(H2,46,58)(H,52,56). The molecule has 2 aliphatic carbocycles. The molecule has 328 valence electrons. The van der Waals surface area contributed by atoms with Crippen molar-refractivity contribution in [3.8, 4) is 21.4 Å². The third-order valence-corrected chi connectivity index (χ3v) is 13.6. The number of ether oxygens (including phenoxy) is 1. The van der Waals surface area contributed by atoms with Gasteiger partial charge in [0.15, 0.2) is 6.10 Å². The van der Waals surface area contributed by atoms with E-state index in [-0.39, 0.29) is 22.6 Å². The van der Waals surface area contributed by atoms with Crippen LogP contribution in [0.15, 0.2) is 73.3 Å². The molecule has 6 aromatic rings. The van der Waals surface area contributed by atoms with Crippen LogP contribution in [-0.2, 0) is 33.5 Å². The highest BCUT2D eigenvalue weighted by Gasteiger charge is 2.53. The third-order valence-electron chi connectivity index (χ3n) is 11.6. The molecule has 0 bridgehead atoms. The van der Waals surface area contributed by atoms with Crippen molar-refractivity contribution < 1.29 is 28.2 Å². The summed E-state index contributed by atoms with van der Waals surface area (Å²) in [5, 5.41) is 36.4. The molecule has 0 aliphatic heterocycles. The molecule has 63 heavy (non-hydrogen) atoms. The number of hydrogen-bond acceptors (Lipinski definition) is 16. The molecular formula is C43H46F2N12O4S2. The van der Waals surface area contributed by atoms with Crippen LogP contribution in [0.1, 0.15) is 92.2 Å². The molecule has 2 atom stereocenters. The second-order valence-corrected chi connectivity index (χ2v) is 19.0. The van der Waals surface area contributed by atoms with Crippen molar-refractivity contribution in [1.29, 1.82) is 0 Å². The number of carbonyl (C=O) groups excluding carboxylic acids is 2. The number of hydrogen-bond donors (Lipinski definition) is 4. The Morgan fingerprint density at radius 3 is 1.89 bits per heavy atom. The Morgan fingerprint density at radius 1 is 0.825 bits per heavy atom. The third kappa shape index (κ3) is 9.11. The molecule has 2 saturated carbocycles. The van der Waals surface area contributed by atoms with Gasteiger partial charge in [-0.2, -0.15) is 5.10 Å². The van der Waals surface area contributed by atoms with Crippen LogP contribution >= 0.6 is 22.7 Å². The van der Waals surface area contributed by atoms with E-state index in [0.29, 0.717) is 66.8 Å². The number of aliphatic hydroxyl groups is 1. The van der Waals surface area contributed by atoms with Crippen molar-refractivity contribution in [2.75, 3.05) is 11.9 Å². The van der Waals surface area contributed by atoms with Gasteiger partial charge in [0, 0.05) is 65.1 Å². The van der Waals surface area contributed by atoms with Crippen molar-refractivity contribution in [1.82, 2.24) is 50.5 Å². The summed E-state index contributed by atoms with van der Waals surface area (Å²) in [6.07, 6.45) is 6.80.